The molecule has 3 rings (SSSR count). The number of methoxy groups -OCH3 is 1. The van der Waals surface area contributed by atoms with E-state index in [-0.39, 0.29) is 33.7 Å². The van der Waals surface area contributed by atoms with Gasteiger partial charge in [-0.25, -0.2) is 4.98 Å². The number of hydrogen-bond acceptors (Lipinski definition) is 4. The Morgan fingerprint density at radius 1 is 1.04 bits per heavy atom. The lowest BCUT2D eigenvalue weighted by atomic mass is 10.1. The average Bonchev–Trinajstić information content (AvgIpc) is 2.65. The number of fused-ring (bicyclic) bond motifs is 1. The van der Waals surface area contributed by atoms with E-state index in [0.717, 1.165) is 5.39 Å². The van der Waals surface area contributed by atoms with Crippen LogP contribution in [-0.4, -0.2) is 30.6 Å². The molecule has 0 aliphatic rings. The van der Waals surface area contributed by atoms with E-state index in [2.05, 4.69) is 15.6 Å². The van der Waals surface area contributed by atoms with Gasteiger partial charge in [-0.2, -0.15) is 0 Å². The lowest BCUT2D eigenvalue weighted by molar-refractivity contribution is 0.0873. The number of nitrogens with one attached hydrogen (secondary N) is 2. The van der Waals surface area contributed by atoms with Crippen LogP contribution in [0, 0.1) is 0 Å². The third kappa shape index (κ3) is 4.19. The molecule has 0 aliphatic carbocycles. The SMILES string of the molecule is COCNC(=O)c1cc2ccccc2nc1NC(=O)c1c(Cl)cccc1Cl. The molecule has 6 nitrogen and oxygen atoms in total. The van der Waals surface area contributed by atoms with Gasteiger partial charge in [0, 0.05) is 12.5 Å². The lowest BCUT2D eigenvalue weighted by Crippen LogP contribution is -2.27. The van der Waals surface area contributed by atoms with Gasteiger partial charge < -0.3 is 15.4 Å². The zero-order valence-corrected chi connectivity index (χ0v) is 15.8. The smallest absolute Gasteiger partial charge is 0.259 e. The molecule has 1 heterocycles. The molecule has 8 heteroatoms. The van der Waals surface area contributed by atoms with Crippen molar-refractivity contribution in [3.63, 3.8) is 0 Å². The number of pyridine rings is 1. The number of amides is 2. The maximum absolute atomic E-state index is 12.7. The van der Waals surface area contributed by atoms with Gasteiger partial charge in [0.2, 0.25) is 0 Å². The summed E-state index contributed by atoms with van der Waals surface area (Å²) in [6.07, 6.45) is 0. The molecular weight excluding hydrogens is 389 g/mol. The summed E-state index contributed by atoms with van der Waals surface area (Å²) in [5.74, 6) is -0.895. The number of benzene rings is 2. The molecule has 0 radical (unpaired) electrons. The molecule has 0 fully saturated rings. The summed E-state index contributed by atoms with van der Waals surface area (Å²) >= 11 is 12.2. The van der Waals surface area contributed by atoms with Crippen LogP contribution in [0.5, 0.6) is 0 Å². The summed E-state index contributed by atoms with van der Waals surface area (Å²) < 4.78 is 4.87. The predicted octanol–water partition coefficient (Wildman–Crippen LogP) is 4.13. The Labute approximate surface area is 165 Å². The minimum absolute atomic E-state index is 0.0232. The zero-order valence-electron chi connectivity index (χ0n) is 14.3. The monoisotopic (exact) mass is 403 g/mol. The molecule has 0 spiro atoms. The molecule has 0 atom stereocenters. The van der Waals surface area contributed by atoms with Crippen molar-refractivity contribution in [3.8, 4) is 0 Å². The highest BCUT2D eigenvalue weighted by Crippen LogP contribution is 2.26. The summed E-state index contributed by atoms with van der Waals surface area (Å²) in [5.41, 5.74) is 0.933. The molecule has 0 aliphatic heterocycles. The summed E-state index contributed by atoms with van der Waals surface area (Å²) in [4.78, 5) is 29.6. The Kier molecular flexibility index (Phi) is 5.91. The first-order chi connectivity index (χ1) is 13.0. The Bertz CT molecular complexity index is 1000. The van der Waals surface area contributed by atoms with Crippen molar-refractivity contribution in [2.24, 2.45) is 0 Å². The van der Waals surface area contributed by atoms with Crippen molar-refractivity contribution in [1.82, 2.24) is 10.3 Å². The summed E-state index contributed by atoms with van der Waals surface area (Å²) in [5, 5.41) is 6.38. The first kappa shape index (κ1) is 19.1. The summed E-state index contributed by atoms with van der Waals surface area (Å²) in [6.45, 7) is 0.0232. The first-order valence-corrected chi connectivity index (χ1v) is 8.69. The van der Waals surface area contributed by atoms with E-state index in [1.54, 1.807) is 30.3 Å². The van der Waals surface area contributed by atoms with Crippen LogP contribution in [0.25, 0.3) is 10.9 Å². The second-order valence-electron chi connectivity index (χ2n) is 5.57. The van der Waals surface area contributed by atoms with Crippen LogP contribution in [0.3, 0.4) is 0 Å². The number of halogens is 2. The molecule has 3 aromatic rings. The standard InChI is InChI=1S/C19H15Cl2N3O3/c1-27-10-22-18(25)12-9-11-5-2-3-8-15(11)23-17(12)24-19(26)16-13(20)6-4-7-14(16)21/h2-9H,10H2,1H3,(H,22,25)(H,23,24,26). The van der Waals surface area contributed by atoms with Crippen LogP contribution in [0.4, 0.5) is 5.82 Å². The Morgan fingerprint density at radius 3 is 2.44 bits per heavy atom. The Balaban J connectivity index is 2.03. The fourth-order valence-electron chi connectivity index (χ4n) is 2.50. The van der Waals surface area contributed by atoms with Crippen molar-refractivity contribution in [2.45, 2.75) is 0 Å². The highest BCUT2D eigenvalue weighted by atomic mass is 35.5. The molecule has 0 unspecified atom stereocenters. The summed E-state index contributed by atoms with van der Waals surface area (Å²) in [6, 6.07) is 13.7. The van der Waals surface area contributed by atoms with E-state index in [9.17, 15) is 9.59 Å². The quantitative estimate of drug-likeness (QED) is 0.627. The van der Waals surface area contributed by atoms with Gasteiger partial charge in [-0.3, -0.25) is 9.59 Å². The van der Waals surface area contributed by atoms with Gasteiger partial charge in [0.15, 0.2) is 0 Å². The molecule has 0 saturated carbocycles. The van der Waals surface area contributed by atoms with Gasteiger partial charge in [-0.05, 0) is 24.3 Å². The number of carbonyl (C=O) groups is 2. The molecule has 2 aromatic carbocycles. The summed E-state index contributed by atoms with van der Waals surface area (Å²) in [7, 11) is 1.46. The second-order valence-corrected chi connectivity index (χ2v) is 6.38. The number of hydrogen-bond donors (Lipinski definition) is 2. The first-order valence-electron chi connectivity index (χ1n) is 7.93. The highest BCUT2D eigenvalue weighted by molar-refractivity contribution is 6.40. The second kappa shape index (κ2) is 8.35. The minimum atomic E-state index is -0.561. The molecule has 138 valence electrons. The van der Waals surface area contributed by atoms with Crippen LogP contribution < -0.4 is 10.6 Å². The normalized spacial score (nSPS) is 10.6. The third-order valence-electron chi connectivity index (χ3n) is 3.77. The van der Waals surface area contributed by atoms with Crippen molar-refractivity contribution in [2.75, 3.05) is 19.2 Å². The van der Waals surface area contributed by atoms with Gasteiger partial charge in [-0.15, -0.1) is 0 Å². The van der Waals surface area contributed by atoms with Crippen molar-refractivity contribution < 1.29 is 14.3 Å². The highest BCUT2D eigenvalue weighted by Gasteiger charge is 2.20. The molecular formula is C19H15Cl2N3O3. The van der Waals surface area contributed by atoms with E-state index in [1.807, 2.05) is 18.2 Å². The predicted molar refractivity (Wildman–Crippen MR) is 106 cm³/mol. The largest absolute Gasteiger partial charge is 0.364 e. The Hall–Kier alpha value is -2.67. The molecule has 2 amide bonds. The fraction of sp³-hybridized carbons (Fsp3) is 0.105. The maximum Gasteiger partial charge on any atom is 0.259 e. The fourth-order valence-corrected chi connectivity index (χ4v) is 3.07. The van der Waals surface area contributed by atoms with E-state index in [4.69, 9.17) is 27.9 Å². The van der Waals surface area contributed by atoms with E-state index in [1.165, 1.54) is 7.11 Å². The molecule has 0 saturated heterocycles. The third-order valence-corrected chi connectivity index (χ3v) is 4.40. The van der Waals surface area contributed by atoms with Gasteiger partial charge in [-0.1, -0.05) is 47.5 Å². The number of carbonyl (C=O) groups excluding carboxylic acids is 2. The van der Waals surface area contributed by atoms with Crippen molar-refractivity contribution >= 4 is 51.7 Å². The van der Waals surface area contributed by atoms with Gasteiger partial charge in [0.25, 0.3) is 11.8 Å². The number of anilines is 1. The topological polar surface area (TPSA) is 80.3 Å². The number of para-hydroxylation sites is 1. The van der Waals surface area contributed by atoms with Gasteiger partial charge in [0.1, 0.15) is 12.5 Å². The van der Waals surface area contributed by atoms with E-state index < -0.39 is 11.8 Å². The average molecular weight is 404 g/mol. The van der Waals surface area contributed by atoms with Crippen molar-refractivity contribution in [1.29, 1.82) is 0 Å². The minimum Gasteiger partial charge on any atom is -0.364 e. The van der Waals surface area contributed by atoms with Crippen LogP contribution in [0.15, 0.2) is 48.5 Å². The van der Waals surface area contributed by atoms with Crippen LogP contribution >= 0.6 is 23.2 Å². The van der Waals surface area contributed by atoms with Crippen LogP contribution in [0.2, 0.25) is 10.0 Å². The Morgan fingerprint density at radius 2 is 1.74 bits per heavy atom. The zero-order chi connectivity index (χ0) is 19.4. The lowest BCUT2D eigenvalue weighted by Gasteiger charge is -2.13. The number of nitrogens with zero attached hydrogens (tertiary/aromatic N) is 1. The van der Waals surface area contributed by atoms with Crippen LogP contribution in [0.1, 0.15) is 20.7 Å². The number of aromatic nitrogens is 1. The van der Waals surface area contributed by atoms with Gasteiger partial charge in [0.05, 0.1) is 26.7 Å². The number of ether oxygens (including phenoxy) is 1. The molecule has 1 aromatic heterocycles. The van der Waals surface area contributed by atoms with Crippen molar-refractivity contribution in [3.05, 3.63) is 69.7 Å². The van der Waals surface area contributed by atoms with E-state index >= 15 is 0 Å². The molecule has 2 N–H and O–H groups in total. The van der Waals surface area contributed by atoms with Crippen LogP contribution in [-0.2, 0) is 4.74 Å². The van der Waals surface area contributed by atoms with Gasteiger partial charge >= 0.3 is 0 Å². The molecule has 27 heavy (non-hydrogen) atoms. The molecule has 0 bridgehead atoms. The van der Waals surface area contributed by atoms with E-state index in [0.29, 0.717) is 5.52 Å². The maximum atomic E-state index is 12.7. The number of rotatable bonds is 5.